The van der Waals surface area contributed by atoms with E-state index in [4.69, 9.17) is 5.73 Å². The lowest BCUT2D eigenvalue weighted by atomic mass is 10.0. The maximum atomic E-state index is 13.0. The summed E-state index contributed by atoms with van der Waals surface area (Å²) in [6.45, 7) is 0. The number of rotatable bonds is 15. The predicted octanol–water partition coefficient (Wildman–Crippen LogP) is 0.225. The van der Waals surface area contributed by atoms with E-state index in [1.165, 1.54) is 24.3 Å². The number of aliphatic carboxylic acids is 1. The van der Waals surface area contributed by atoms with Crippen molar-refractivity contribution in [1.29, 1.82) is 0 Å². The lowest BCUT2D eigenvalue weighted by Gasteiger charge is -2.24. The van der Waals surface area contributed by atoms with E-state index < -0.39 is 47.9 Å². The number of nitrogens with one attached hydrogen (secondary N) is 5. The molecule has 0 aliphatic rings. The zero-order valence-electron chi connectivity index (χ0n) is 21.3. The number of nitrogens with two attached hydrogens (primary N) is 1. The van der Waals surface area contributed by atoms with Crippen LogP contribution >= 0.6 is 24.4 Å². The van der Waals surface area contributed by atoms with Gasteiger partial charge in [0.05, 0.1) is 12.4 Å². The molecular weight excluding hydrogens is 542 g/mol. The molecular formula is C25H33N7O5S2. The standard InChI is InChI=1S/C25H33N7O5S2/c1-39-7-6-19(23(34)31-20(25(36)37)9-15-11-27-13-29-15)30-24(35)21(12-38)32-22(33)17(26)8-14-10-28-18-5-3-2-4-16(14)18/h2-5,10-11,13,17,19-21,28,38H,6-9,12,26H2,1H3,(H,27,29)(H,30,35)(H,31,34)(H,32,33)(H,36,37). The summed E-state index contributed by atoms with van der Waals surface area (Å²) >= 11 is 5.67. The van der Waals surface area contributed by atoms with Gasteiger partial charge in [-0.1, -0.05) is 18.2 Å². The number of aromatic nitrogens is 3. The molecule has 2 aromatic heterocycles. The number of carbonyl (C=O) groups is 4. The Balaban J connectivity index is 1.61. The molecule has 210 valence electrons. The molecule has 14 heteroatoms. The average Bonchev–Trinajstić information content (AvgIpc) is 3.59. The molecule has 0 saturated carbocycles. The predicted molar refractivity (Wildman–Crippen MR) is 153 cm³/mol. The van der Waals surface area contributed by atoms with Gasteiger partial charge in [-0.15, -0.1) is 0 Å². The number of thioether (sulfide) groups is 1. The van der Waals surface area contributed by atoms with Crippen molar-refractivity contribution in [2.45, 2.75) is 43.4 Å². The highest BCUT2D eigenvalue weighted by Gasteiger charge is 2.30. The van der Waals surface area contributed by atoms with Crippen molar-refractivity contribution < 1.29 is 24.3 Å². The van der Waals surface area contributed by atoms with Crippen LogP contribution in [0, 0.1) is 0 Å². The number of imidazole rings is 1. The van der Waals surface area contributed by atoms with E-state index in [-0.39, 0.29) is 25.0 Å². The Morgan fingerprint density at radius 1 is 1.03 bits per heavy atom. The van der Waals surface area contributed by atoms with Crippen LogP contribution in [-0.4, -0.2) is 85.7 Å². The van der Waals surface area contributed by atoms with Gasteiger partial charge < -0.3 is 36.8 Å². The molecule has 0 aliphatic heterocycles. The minimum Gasteiger partial charge on any atom is -0.480 e. The normalized spacial score (nSPS) is 14.2. The Labute approximate surface area is 235 Å². The molecule has 3 aromatic rings. The molecule has 39 heavy (non-hydrogen) atoms. The maximum Gasteiger partial charge on any atom is 0.326 e. The summed E-state index contributed by atoms with van der Waals surface area (Å²) in [5, 5.41) is 18.3. The topological polar surface area (TPSA) is 195 Å². The van der Waals surface area contributed by atoms with Gasteiger partial charge in [0.1, 0.15) is 18.1 Å². The van der Waals surface area contributed by atoms with Crippen molar-refractivity contribution in [2.75, 3.05) is 17.8 Å². The van der Waals surface area contributed by atoms with Crippen LogP contribution in [0.5, 0.6) is 0 Å². The van der Waals surface area contributed by atoms with Crippen molar-refractivity contribution in [3.63, 3.8) is 0 Å². The van der Waals surface area contributed by atoms with Crippen molar-refractivity contribution >= 4 is 59.0 Å². The molecule has 12 nitrogen and oxygen atoms in total. The van der Waals surface area contributed by atoms with E-state index >= 15 is 0 Å². The lowest BCUT2D eigenvalue weighted by molar-refractivity contribution is -0.142. The van der Waals surface area contributed by atoms with Gasteiger partial charge in [-0.3, -0.25) is 14.4 Å². The van der Waals surface area contributed by atoms with Crippen molar-refractivity contribution in [1.82, 2.24) is 30.9 Å². The molecule has 0 fully saturated rings. The third-order valence-electron chi connectivity index (χ3n) is 6.10. The van der Waals surface area contributed by atoms with Gasteiger partial charge in [-0.25, -0.2) is 9.78 Å². The second kappa shape index (κ2) is 14.6. The van der Waals surface area contributed by atoms with E-state index in [0.717, 1.165) is 16.5 Å². The SMILES string of the molecule is CSCCC(NC(=O)C(CS)NC(=O)C(N)Cc1c[nH]c2ccccc12)C(=O)NC(Cc1cnc[nH]1)C(=O)O. The van der Waals surface area contributed by atoms with Crippen molar-refractivity contribution in [3.05, 3.63) is 54.2 Å². The monoisotopic (exact) mass is 575 g/mol. The van der Waals surface area contributed by atoms with Crippen molar-refractivity contribution in [3.8, 4) is 0 Å². The molecule has 0 bridgehead atoms. The van der Waals surface area contributed by atoms with E-state index in [9.17, 15) is 24.3 Å². The summed E-state index contributed by atoms with van der Waals surface area (Å²) in [4.78, 5) is 60.4. The number of nitrogens with zero attached hydrogens (tertiary/aromatic N) is 1. The molecule has 2 heterocycles. The van der Waals surface area contributed by atoms with Crippen LogP contribution in [0.3, 0.4) is 0 Å². The van der Waals surface area contributed by atoms with Crippen LogP contribution in [0.15, 0.2) is 43.0 Å². The molecule has 0 radical (unpaired) electrons. The van der Waals surface area contributed by atoms with Crippen LogP contribution in [0.4, 0.5) is 0 Å². The van der Waals surface area contributed by atoms with Gasteiger partial charge in [-0.05, 0) is 36.5 Å². The quantitative estimate of drug-likeness (QED) is 0.118. The second-order valence-corrected chi connectivity index (χ2v) is 10.3. The Morgan fingerprint density at radius 2 is 1.72 bits per heavy atom. The average molecular weight is 576 g/mol. The largest absolute Gasteiger partial charge is 0.480 e. The number of H-pyrrole nitrogens is 2. The number of carboxylic acid groups (broad SMARTS) is 1. The molecule has 0 saturated heterocycles. The summed E-state index contributed by atoms with van der Waals surface area (Å²) in [5.74, 6) is -2.54. The second-order valence-electron chi connectivity index (χ2n) is 8.94. The first kappa shape index (κ1) is 30.1. The summed E-state index contributed by atoms with van der Waals surface area (Å²) in [6, 6.07) is 3.42. The van der Waals surface area contributed by atoms with Crippen LogP contribution in [0.2, 0.25) is 0 Å². The number of aromatic amines is 2. The maximum absolute atomic E-state index is 13.0. The smallest absolute Gasteiger partial charge is 0.326 e. The van der Waals surface area contributed by atoms with Crippen molar-refractivity contribution in [2.24, 2.45) is 5.73 Å². The van der Waals surface area contributed by atoms with E-state index in [1.54, 1.807) is 6.20 Å². The lowest BCUT2D eigenvalue weighted by Crippen LogP contribution is -2.58. The highest BCUT2D eigenvalue weighted by atomic mass is 32.2. The number of amides is 3. The van der Waals surface area contributed by atoms with Gasteiger partial charge in [0.15, 0.2) is 0 Å². The summed E-state index contributed by atoms with van der Waals surface area (Å²) in [7, 11) is 0. The number of carboxylic acids is 1. The minimum absolute atomic E-state index is 0.00604. The molecule has 0 spiro atoms. The fraction of sp³-hybridized carbons (Fsp3) is 0.400. The van der Waals surface area contributed by atoms with Gasteiger partial charge in [0.25, 0.3) is 0 Å². The van der Waals surface area contributed by atoms with Crippen LogP contribution in [0.1, 0.15) is 17.7 Å². The number of hydrogen-bond donors (Lipinski definition) is 8. The number of benzene rings is 1. The number of hydrogen-bond acceptors (Lipinski definition) is 8. The number of para-hydroxylation sites is 1. The highest BCUT2D eigenvalue weighted by Crippen LogP contribution is 2.18. The Morgan fingerprint density at radius 3 is 2.38 bits per heavy atom. The molecule has 1 aromatic carbocycles. The van der Waals surface area contributed by atoms with Crippen LogP contribution in [0.25, 0.3) is 10.9 Å². The molecule has 3 amide bonds. The molecule has 4 unspecified atom stereocenters. The number of thiol groups is 1. The number of fused-ring (bicyclic) bond motifs is 1. The van der Waals surface area contributed by atoms with Gasteiger partial charge in [-0.2, -0.15) is 24.4 Å². The third-order valence-corrected chi connectivity index (χ3v) is 7.11. The summed E-state index contributed by atoms with van der Waals surface area (Å²) < 4.78 is 0. The first-order chi connectivity index (χ1) is 18.7. The summed E-state index contributed by atoms with van der Waals surface area (Å²) in [6.07, 6.45) is 7.03. The Bertz CT molecular complexity index is 1270. The third kappa shape index (κ3) is 8.50. The Kier molecular flexibility index (Phi) is 11.3. The Hall–Kier alpha value is -3.49. The van der Waals surface area contributed by atoms with Gasteiger partial charge in [0, 0.05) is 41.2 Å². The highest BCUT2D eigenvalue weighted by molar-refractivity contribution is 7.98. The van der Waals surface area contributed by atoms with Crippen LogP contribution < -0.4 is 21.7 Å². The van der Waals surface area contributed by atoms with Crippen LogP contribution in [-0.2, 0) is 32.0 Å². The number of carbonyl (C=O) groups excluding carboxylic acids is 3. The van der Waals surface area contributed by atoms with Gasteiger partial charge >= 0.3 is 5.97 Å². The fourth-order valence-corrected chi connectivity index (χ4v) is 4.70. The zero-order chi connectivity index (χ0) is 28.4. The molecule has 4 atom stereocenters. The van der Waals surface area contributed by atoms with Gasteiger partial charge in [0.2, 0.25) is 17.7 Å². The van der Waals surface area contributed by atoms with E-state index in [1.807, 2.05) is 30.5 Å². The first-order valence-electron chi connectivity index (χ1n) is 12.2. The molecule has 0 aliphatic carbocycles. The molecule has 8 N–H and O–H groups in total. The fourth-order valence-electron chi connectivity index (χ4n) is 3.97. The van der Waals surface area contributed by atoms with E-state index in [2.05, 4.69) is 43.5 Å². The first-order valence-corrected chi connectivity index (χ1v) is 14.3. The zero-order valence-corrected chi connectivity index (χ0v) is 23.1. The summed E-state index contributed by atoms with van der Waals surface area (Å²) in [5.41, 5.74) is 8.48. The van der Waals surface area contributed by atoms with E-state index in [0.29, 0.717) is 11.4 Å². The minimum atomic E-state index is -1.23. The molecule has 3 rings (SSSR count).